The van der Waals surface area contributed by atoms with E-state index in [2.05, 4.69) is 11.1 Å². The standard InChI is InChI=1S/C8H13NO/c1-7-4-3-5-8(10-2)6-9-7/h4,6,8H,3,5H2,1-2H3. The molecule has 0 aromatic carbocycles. The van der Waals surface area contributed by atoms with E-state index in [0.717, 1.165) is 18.5 Å². The number of methoxy groups -OCH3 is 1. The highest BCUT2D eigenvalue weighted by atomic mass is 16.5. The van der Waals surface area contributed by atoms with E-state index in [1.807, 2.05) is 13.1 Å². The summed E-state index contributed by atoms with van der Waals surface area (Å²) in [6.45, 7) is 2.01. The summed E-state index contributed by atoms with van der Waals surface area (Å²) in [5.74, 6) is 0. The third-order valence-electron chi connectivity index (χ3n) is 1.64. The number of nitrogens with zero attached hydrogens (tertiary/aromatic N) is 1. The van der Waals surface area contributed by atoms with Gasteiger partial charge in [-0.25, -0.2) is 0 Å². The van der Waals surface area contributed by atoms with Crippen LogP contribution in [0.3, 0.4) is 0 Å². The molecule has 0 aromatic rings. The molecular formula is C8H13NO. The van der Waals surface area contributed by atoms with Gasteiger partial charge in [-0.15, -0.1) is 0 Å². The fraction of sp³-hybridized carbons (Fsp3) is 0.625. The molecule has 0 bridgehead atoms. The summed E-state index contributed by atoms with van der Waals surface area (Å²) in [4.78, 5) is 4.19. The molecule has 0 radical (unpaired) electrons. The summed E-state index contributed by atoms with van der Waals surface area (Å²) >= 11 is 0. The highest BCUT2D eigenvalue weighted by molar-refractivity contribution is 5.64. The van der Waals surface area contributed by atoms with E-state index in [1.54, 1.807) is 7.11 Å². The van der Waals surface area contributed by atoms with Crippen molar-refractivity contribution in [3.63, 3.8) is 0 Å². The van der Waals surface area contributed by atoms with Crippen molar-refractivity contribution < 1.29 is 4.74 Å². The van der Waals surface area contributed by atoms with Gasteiger partial charge < -0.3 is 4.74 Å². The van der Waals surface area contributed by atoms with Crippen molar-refractivity contribution in [3.8, 4) is 0 Å². The van der Waals surface area contributed by atoms with Crippen molar-refractivity contribution in [2.45, 2.75) is 25.9 Å². The lowest BCUT2D eigenvalue weighted by molar-refractivity contribution is 0.153. The quantitative estimate of drug-likeness (QED) is 0.542. The number of hydrogen-bond donors (Lipinski definition) is 0. The molecule has 0 saturated heterocycles. The summed E-state index contributed by atoms with van der Waals surface area (Å²) in [5, 5.41) is 0. The zero-order valence-corrected chi connectivity index (χ0v) is 6.50. The lowest BCUT2D eigenvalue weighted by atomic mass is 10.2. The first kappa shape index (κ1) is 7.48. The molecule has 2 heteroatoms. The molecule has 0 N–H and O–H groups in total. The smallest absolute Gasteiger partial charge is 0.0925 e. The minimum absolute atomic E-state index is 0.216. The molecule has 2 nitrogen and oxygen atoms in total. The molecule has 1 unspecified atom stereocenters. The molecule has 1 aliphatic heterocycles. The van der Waals surface area contributed by atoms with Gasteiger partial charge in [-0.3, -0.25) is 4.99 Å². The molecule has 10 heavy (non-hydrogen) atoms. The Hall–Kier alpha value is -0.630. The third kappa shape index (κ3) is 1.95. The van der Waals surface area contributed by atoms with E-state index in [4.69, 9.17) is 4.74 Å². The van der Waals surface area contributed by atoms with Gasteiger partial charge >= 0.3 is 0 Å². The van der Waals surface area contributed by atoms with Crippen LogP contribution in [0, 0.1) is 0 Å². The summed E-state index contributed by atoms with van der Waals surface area (Å²) < 4.78 is 5.14. The topological polar surface area (TPSA) is 21.6 Å². The Morgan fingerprint density at radius 3 is 3.20 bits per heavy atom. The number of ether oxygens (including phenoxy) is 1. The fourth-order valence-electron chi connectivity index (χ4n) is 0.963. The van der Waals surface area contributed by atoms with E-state index >= 15 is 0 Å². The summed E-state index contributed by atoms with van der Waals surface area (Å²) in [7, 11) is 1.72. The maximum absolute atomic E-state index is 5.14. The van der Waals surface area contributed by atoms with Gasteiger partial charge in [0.05, 0.1) is 6.10 Å². The minimum Gasteiger partial charge on any atom is -0.376 e. The van der Waals surface area contributed by atoms with E-state index in [1.165, 1.54) is 0 Å². The molecule has 0 aliphatic carbocycles. The molecule has 0 amide bonds. The molecule has 56 valence electrons. The van der Waals surface area contributed by atoms with Crippen LogP contribution in [0.25, 0.3) is 0 Å². The third-order valence-corrected chi connectivity index (χ3v) is 1.64. The van der Waals surface area contributed by atoms with Crippen LogP contribution in [0.5, 0.6) is 0 Å². The molecule has 0 saturated carbocycles. The van der Waals surface area contributed by atoms with Crippen LogP contribution < -0.4 is 0 Å². The Balaban J connectivity index is 2.53. The van der Waals surface area contributed by atoms with Crippen molar-refractivity contribution in [1.82, 2.24) is 0 Å². The SMILES string of the molecule is COC1C=NC(C)=CCC1. The lowest BCUT2D eigenvalue weighted by Crippen LogP contribution is -2.10. The van der Waals surface area contributed by atoms with Crippen LogP contribution in [0.4, 0.5) is 0 Å². The van der Waals surface area contributed by atoms with E-state index < -0.39 is 0 Å². The van der Waals surface area contributed by atoms with Crippen LogP contribution in [-0.4, -0.2) is 19.4 Å². The summed E-state index contributed by atoms with van der Waals surface area (Å²) in [5.41, 5.74) is 1.10. The second-order valence-electron chi connectivity index (χ2n) is 2.48. The largest absolute Gasteiger partial charge is 0.376 e. The first-order valence-electron chi connectivity index (χ1n) is 3.56. The average Bonchev–Trinajstić information content (AvgIpc) is 2.14. The molecule has 1 atom stereocenters. The molecule has 1 heterocycles. The van der Waals surface area contributed by atoms with Crippen LogP contribution in [0.2, 0.25) is 0 Å². The Morgan fingerprint density at radius 1 is 1.70 bits per heavy atom. The molecule has 0 aromatic heterocycles. The monoisotopic (exact) mass is 139 g/mol. The number of hydrogen-bond acceptors (Lipinski definition) is 2. The molecule has 0 spiro atoms. The number of aliphatic imine (C=N–C) groups is 1. The predicted molar refractivity (Wildman–Crippen MR) is 42.3 cm³/mol. The summed E-state index contributed by atoms with van der Waals surface area (Å²) in [6, 6.07) is 0. The van der Waals surface area contributed by atoms with Gasteiger partial charge in [-0.1, -0.05) is 6.08 Å². The van der Waals surface area contributed by atoms with Gasteiger partial charge in [-0.2, -0.15) is 0 Å². The van der Waals surface area contributed by atoms with Crippen molar-refractivity contribution in [2.75, 3.05) is 7.11 Å². The Kier molecular flexibility index (Phi) is 2.63. The molecule has 0 fully saturated rings. The van der Waals surface area contributed by atoms with Gasteiger partial charge in [0.1, 0.15) is 0 Å². The normalized spacial score (nSPS) is 25.8. The van der Waals surface area contributed by atoms with Gasteiger partial charge in [0.25, 0.3) is 0 Å². The van der Waals surface area contributed by atoms with Gasteiger partial charge in [0, 0.05) is 19.0 Å². The molecule has 1 rings (SSSR count). The van der Waals surface area contributed by atoms with Gasteiger partial charge in [0.2, 0.25) is 0 Å². The van der Waals surface area contributed by atoms with E-state index in [0.29, 0.717) is 0 Å². The van der Waals surface area contributed by atoms with Crippen LogP contribution in [-0.2, 0) is 4.74 Å². The predicted octanol–water partition coefficient (Wildman–Crippen LogP) is 1.77. The van der Waals surface area contributed by atoms with E-state index in [-0.39, 0.29) is 6.10 Å². The second-order valence-corrected chi connectivity index (χ2v) is 2.48. The first-order chi connectivity index (χ1) is 4.83. The highest BCUT2D eigenvalue weighted by Crippen LogP contribution is 2.08. The number of allylic oxidation sites excluding steroid dienone is 2. The van der Waals surface area contributed by atoms with Crippen molar-refractivity contribution in [3.05, 3.63) is 11.8 Å². The van der Waals surface area contributed by atoms with E-state index in [9.17, 15) is 0 Å². The lowest BCUT2D eigenvalue weighted by Gasteiger charge is -2.04. The highest BCUT2D eigenvalue weighted by Gasteiger charge is 2.04. The maximum atomic E-state index is 5.14. The van der Waals surface area contributed by atoms with Crippen molar-refractivity contribution in [2.24, 2.45) is 4.99 Å². The van der Waals surface area contributed by atoms with Crippen molar-refractivity contribution in [1.29, 1.82) is 0 Å². The second kappa shape index (κ2) is 3.52. The Bertz CT molecular complexity index is 161. The van der Waals surface area contributed by atoms with Gasteiger partial charge in [-0.05, 0) is 19.8 Å². The zero-order valence-electron chi connectivity index (χ0n) is 6.50. The summed E-state index contributed by atoms with van der Waals surface area (Å²) in [6.07, 6.45) is 6.35. The zero-order chi connectivity index (χ0) is 7.40. The minimum atomic E-state index is 0.216. The van der Waals surface area contributed by atoms with Crippen LogP contribution >= 0.6 is 0 Å². The van der Waals surface area contributed by atoms with Crippen molar-refractivity contribution >= 4 is 6.21 Å². The Labute approximate surface area is 61.6 Å². The Morgan fingerprint density at radius 2 is 2.50 bits per heavy atom. The maximum Gasteiger partial charge on any atom is 0.0925 e. The number of rotatable bonds is 1. The first-order valence-corrected chi connectivity index (χ1v) is 3.56. The molecular weight excluding hydrogens is 126 g/mol. The molecule has 1 aliphatic rings. The average molecular weight is 139 g/mol. The van der Waals surface area contributed by atoms with Crippen LogP contribution in [0.15, 0.2) is 16.8 Å². The van der Waals surface area contributed by atoms with Gasteiger partial charge in [0.15, 0.2) is 0 Å². The van der Waals surface area contributed by atoms with Crippen LogP contribution in [0.1, 0.15) is 19.8 Å². The fourth-order valence-corrected chi connectivity index (χ4v) is 0.963.